The zero-order valence-electron chi connectivity index (χ0n) is 13.8. The number of rotatable bonds is 7. The molecular formula is C20H20N2O3. The summed E-state index contributed by atoms with van der Waals surface area (Å²) in [6.45, 7) is 0.600. The van der Waals surface area contributed by atoms with Crippen LogP contribution in [0.25, 0.3) is 11.3 Å². The fourth-order valence-electron chi connectivity index (χ4n) is 2.54. The molecule has 128 valence electrons. The third kappa shape index (κ3) is 4.94. The second kappa shape index (κ2) is 8.15. The fraction of sp³-hybridized carbons (Fsp3) is 0.200. The van der Waals surface area contributed by atoms with Gasteiger partial charge in [0.15, 0.2) is 5.76 Å². The first-order valence-electron chi connectivity index (χ1n) is 8.26. The molecule has 0 saturated heterocycles. The van der Waals surface area contributed by atoms with Crippen molar-refractivity contribution in [2.75, 3.05) is 6.54 Å². The van der Waals surface area contributed by atoms with E-state index in [4.69, 9.17) is 4.52 Å². The van der Waals surface area contributed by atoms with Crippen LogP contribution in [0.5, 0.6) is 5.75 Å². The standard InChI is InChI=1S/C20H20N2O3/c23-18-10-8-15(9-11-18)5-4-12-21-20(24)14-17-13-19(25-22-17)16-6-2-1-3-7-16/h1-3,6-11,13,23H,4-5,12,14H2,(H,21,24). The van der Waals surface area contributed by atoms with Crippen LogP contribution < -0.4 is 5.32 Å². The second-order valence-electron chi connectivity index (χ2n) is 5.85. The normalized spacial score (nSPS) is 10.6. The molecule has 2 aromatic carbocycles. The highest BCUT2D eigenvalue weighted by molar-refractivity contribution is 5.78. The van der Waals surface area contributed by atoms with Gasteiger partial charge in [0.25, 0.3) is 0 Å². The van der Waals surface area contributed by atoms with Gasteiger partial charge in [-0.1, -0.05) is 47.6 Å². The Labute approximate surface area is 146 Å². The Morgan fingerprint density at radius 1 is 1.08 bits per heavy atom. The van der Waals surface area contributed by atoms with Gasteiger partial charge < -0.3 is 14.9 Å². The summed E-state index contributed by atoms with van der Waals surface area (Å²) in [5.74, 6) is 0.855. The van der Waals surface area contributed by atoms with E-state index < -0.39 is 0 Å². The number of nitrogens with zero attached hydrogens (tertiary/aromatic N) is 1. The Hall–Kier alpha value is -3.08. The van der Waals surface area contributed by atoms with E-state index in [2.05, 4.69) is 10.5 Å². The molecule has 3 rings (SSSR count). The number of aromatic hydroxyl groups is 1. The maximum absolute atomic E-state index is 12.0. The highest BCUT2D eigenvalue weighted by Crippen LogP contribution is 2.19. The summed E-state index contributed by atoms with van der Waals surface area (Å²) >= 11 is 0. The lowest BCUT2D eigenvalue weighted by Crippen LogP contribution is -2.26. The van der Waals surface area contributed by atoms with Gasteiger partial charge in [-0.3, -0.25) is 4.79 Å². The van der Waals surface area contributed by atoms with Crippen molar-refractivity contribution in [3.05, 3.63) is 71.9 Å². The van der Waals surface area contributed by atoms with Gasteiger partial charge in [0.1, 0.15) is 5.75 Å². The van der Waals surface area contributed by atoms with E-state index in [0.717, 1.165) is 24.0 Å². The van der Waals surface area contributed by atoms with Crippen molar-refractivity contribution in [1.29, 1.82) is 0 Å². The molecule has 25 heavy (non-hydrogen) atoms. The Morgan fingerprint density at radius 2 is 1.84 bits per heavy atom. The minimum Gasteiger partial charge on any atom is -0.508 e. The van der Waals surface area contributed by atoms with Crippen molar-refractivity contribution in [2.24, 2.45) is 0 Å². The van der Waals surface area contributed by atoms with E-state index in [9.17, 15) is 9.90 Å². The predicted octanol–water partition coefficient (Wildman–Crippen LogP) is 3.34. The van der Waals surface area contributed by atoms with Crippen molar-refractivity contribution in [3.63, 3.8) is 0 Å². The first-order valence-corrected chi connectivity index (χ1v) is 8.26. The summed E-state index contributed by atoms with van der Waals surface area (Å²) in [5, 5.41) is 16.1. The third-order valence-electron chi connectivity index (χ3n) is 3.86. The fourth-order valence-corrected chi connectivity index (χ4v) is 2.54. The molecule has 1 aromatic heterocycles. The number of hydrogen-bond acceptors (Lipinski definition) is 4. The number of phenols is 1. The van der Waals surface area contributed by atoms with Crippen LogP contribution in [0, 0.1) is 0 Å². The van der Waals surface area contributed by atoms with Gasteiger partial charge in [0, 0.05) is 18.2 Å². The summed E-state index contributed by atoms with van der Waals surface area (Å²) in [6, 6.07) is 18.6. The zero-order chi connectivity index (χ0) is 17.5. The average Bonchev–Trinajstić information content (AvgIpc) is 3.09. The van der Waals surface area contributed by atoms with Crippen LogP contribution in [0.4, 0.5) is 0 Å². The topological polar surface area (TPSA) is 75.4 Å². The van der Waals surface area contributed by atoms with Crippen LogP contribution in [-0.2, 0) is 17.6 Å². The van der Waals surface area contributed by atoms with Gasteiger partial charge in [-0.2, -0.15) is 0 Å². The van der Waals surface area contributed by atoms with E-state index >= 15 is 0 Å². The molecule has 3 aromatic rings. The first kappa shape index (κ1) is 16.8. The van der Waals surface area contributed by atoms with Gasteiger partial charge in [-0.15, -0.1) is 0 Å². The summed E-state index contributed by atoms with van der Waals surface area (Å²) in [4.78, 5) is 12.0. The molecule has 2 N–H and O–H groups in total. The van der Waals surface area contributed by atoms with E-state index in [1.165, 1.54) is 0 Å². The van der Waals surface area contributed by atoms with Crippen molar-refractivity contribution < 1.29 is 14.4 Å². The van der Waals surface area contributed by atoms with E-state index in [1.54, 1.807) is 18.2 Å². The lowest BCUT2D eigenvalue weighted by Gasteiger charge is -2.04. The van der Waals surface area contributed by atoms with Crippen molar-refractivity contribution >= 4 is 5.91 Å². The van der Waals surface area contributed by atoms with Gasteiger partial charge in [-0.25, -0.2) is 0 Å². The van der Waals surface area contributed by atoms with Crippen LogP contribution >= 0.6 is 0 Å². The number of nitrogens with one attached hydrogen (secondary N) is 1. The molecule has 5 nitrogen and oxygen atoms in total. The minimum atomic E-state index is -0.0707. The van der Waals surface area contributed by atoms with Crippen molar-refractivity contribution in [1.82, 2.24) is 10.5 Å². The van der Waals surface area contributed by atoms with Crippen LogP contribution in [0.1, 0.15) is 17.7 Å². The molecule has 0 saturated carbocycles. The Balaban J connectivity index is 1.42. The molecule has 5 heteroatoms. The number of phenolic OH excluding ortho intramolecular Hbond substituents is 1. The van der Waals surface area contributed by atoms with Crippen LogP contribution in [0.2, 0.25) is 0 Å². The summed E-state index contributed by atoms with van der Waals surface area (Å²) in [7, 11) is 0. The molecule has 0 aliphatic carbocycles. The molecule has 0 atom stereocenters. The average molecular weight is 336 g/mol. The Kier molecular flexibility index (Phi) is 5.46. The lowest BCUT2D eigenvalue weighted by atomic mass is 10.1. The van der Waals surface area contributed by atoms with E-state index in [0.29, 0.717) is 18.0 Å². The highest BCUT2D eigenvalue weighted by atomic mass is 16.5. The maximum Gasteiger partial charge on any atom is 0.226 e. The molecule has 1 amide bonds. The monoisotopic (exact) mass is 336 g/mol. The molecule has 0 bridgehead atoms. The molecule has 0 fully saturated rings. The number of aromatic nitrogens is 1. The number of amides is 1. The lowest BCUT2D eigenvalue weighted by molar-refractivity contribution is -0.120. The number of hydrogen-bond donors (Lipinski definition) is 2. The van der Waals surface area contributed by atoms with E-state index in [-0.39, 0.29) is 18.1 Å². The quantitative estimate of drug-likeness (QED) is 0.649. The minimum absolute atomic E-state index is 0.0707. The van der Waals surface area contributed by atoms with Gasteiger partial charge >= 0.3 is 0 Å². The summed E-state index contributed by atoms with van der Waals surface area (Å²) in [6.07, 6.45) is 1.89. The molecule has 0 spiro atoms. The number of carbonyl (C=O) groups is 1. The Bertz CT molecular complexity index is 810. The van der Waals surface area contributed by atoms with Crippen molar-refractivity contribution in [3.8, 4) is 17.1 Å². The SMILES string of the molecule is O=C(Cc1cc(-c2ccccc2)on1)NCCCc1ccc(O)cc1. The zero-order valence-corrected chi connectivity index (χ0v) is 13.8. The van der Waals surface area contributed by atoms with Crippen LogP contribution in [-0.4, -0.2) is 22.7 Å². The first-order chi connectivity index (χ1) is 12.2. The number of carbonyl (C=O) groups excluding carboxylic acids is 1. The highest BCUT2D eigenvalue weighted by Gasteiger charge is 2.10. The summed E-state index contributed by atoms with van der Waals surface area (Å²) in [5.41, 5.74) is 2.70. The molecule has 0 aliphatic heterocycles. The molecule has 1 heterocycles. The van der Waals surface area contributed by atoms with Gasteiger partial charge in [-0.05, 0) is 30.5 Å². The molecule has 0 aliphatic rings. The largest absolute Gasteiger partial charge is 0.508 e. The van der Waals surface area contributed by atoms with Crippen LogP contribution in [0.15, 0.2) is 65.2 Å². The number of benzene rings is 2. The van der Waals surface area contributed by atoms with Gasteiger partial charge in [0.2, 0.25) is 5.91 Å². The van der Waals surface area contributed by atoms with Crippen LogP contribution in [0.3, 0.4) is 0 Å². The summed E-state index contributed by atoms with van der Waals surface area (Å²) < 4.78 is 5.29. The molecule has 0 unspecified atom stereocenters. The maximum atomic E-state index is 12.0. The molecule has 0 radical (unpaired) electrons. The van der Waals surface area contributed by atoms with Gasteiger partial charge in [0.05, 0.1) is 12.1 Å². The molecular weight excluding hydrogens is 316 g/mol. The van der Waals surface area contributed by atoms with E-state index in [1.807, 2.05) is 42.5 Å². The smallest absolute Gasteiger partial charge is 0.226 e. The Morgan fingerprint density at radius 3 is 2.60 bits per heavy atom. The third-order valence-corrected chi connectivity index (χ3v) is 3.86. The number of aryl methyl sites for hydroxylation is 1. The van der Waals surface area contributed by atoms with Crippen molar-refractivity contribution in [2.45, 2.75) is 19.3 Å². The second-order valence-corrected chi connectivity index (χ2v) is 5.85. The predicted molar refractivity (Wildman–Crippen MR) is 95.1 cm³/mol.